The first-order valence-corrected chi connectivity index (χ1v) is 7.01. The molecule has 2 aromatic heterocycles. The van der Waals surface area contributed by atoms with E-state index < -0.39 is 0 Å². The van der Waals surface area contributed by atoms with Crippen LogP contribution in [0.15, 0.2) is 22.9 Å². The molecule has 0 atom stereocenters. The number of carbonyl (C=O) groups is 1. The molecule has 0 aliphatic heterocycles. The summed E-state index contributed by atoms with van der Waals surface area (Å²) in [6.45, 7) is 5.01. The number of hydrogen-bond donors (Lipinski definition) is 1. The monoisotopic (exact) mass is 273 g/mol. The molecule has 1 fully saturated rings. The Hall–Kier alpha value is -2.04. The van der Waals surface area contributed by atoms with Gasteiger partial charge >= 0.3 is 0 Å². The minimum Gasteiger partial charge on any atom is -0.466 e. The van der Waals surface area contributed by atoms with Gasteiger partial charge in [-0.05, 0) is 32.8 Å². The maximum atomic E-state index is 12.0. The van der Waals surface area contributed by atoms with Crippen LogP contribution in [-0.2, 0) is 6.54 Å². The summed E-state index contributed by atoms with van der Waals surface area (Å²) < 4.78 is 7.50. The standard InChI is InChI=1S/C15H19N3O2/c1-10-9-13(11(2)20-10)15(19)17-6-8-18-7-5-16-14(18)12-3-4-12/h5,7,9,12H,3-4,6,8H2,1-2H3,(H,17,19). The fraction of sp³-hybridized carbons (Fsp3) is 0.467. The van der Waals surface area contributed by atoms with Crippen molar-refractivity contribution in [3.63, 3.8) is 0 Å². The van der Waals surface area contributed by atoms with Crippen molar-refractivity contribution in [3.05, 3.63) is 41.4 Å². The zero-order valence-electron chi connectivity index (χ0n) is 11.8. The highest BCUT2D eigenvalue weighted by Gasteiger charge is 2.27. The Kier molecular flexibility index (Phi) is 3.34. The van der Waals surface area contributed by atoms with Crippen LogP contribution >= 0.6 is 0 Å². The molecule has 0 aromatic carbocycles. The van der Waals surface area contributed by atoms with Crippen LogP contribution in [0.3, 0.4) is 0 Å². The van der Waals surface area contributed by atoms with E-state index in [2.05, 4.69) is 14.9 Å². The SMILES string of the molecule is Cc1cc(C(=O)NCCn2ccnc2C2CC2)c(C)o1. The summed E-state index contributed by atoms with van der Waals surface area (Å²) in [5.74, 6) is 3.13. The lowest BCUT2D eigenvalue weighted by atomic mass is 10.2. The zero-order chi connectivity index (χ0) is 14.1. The quantitative estimate of drug-likeness (QED) is 0.910. The van der Waals surface area contributed by atoms with E-state index >= 15 is 0 Å². The molecule has 1 aliphatic rings. The van der Waals surface area contributed by atoms with Crippen molar-refractivity contribution in [2.24, 2.45) is 0 Å². The number of amides is 1. The summed E-state index contributed by atoms with van der Waals surface area (Å²) in [7, 11) is 0. The Labute approximate surface area is 118 Å². The van der Waals surface area contributed by atoms with Crippen LogP contribution in [0.1, 0.15) is 46.5 Å². The fourth-order valence-corrected chi connectivity index (χ4v) is 2.45. The number of aromatic nitrogens is 2. The van der Waals surface area contributed by atoms with E-state index in [1.165, 1.54) is 12.8 Å². The molecular weight excluding hydrogens is 254 g/mol. The van der Waals surface area contributed by atoms with Crippen LogP contribution in [0, 0.1) is 13.8 Å². The van der Waals surface area contributed by atoms with Crippen LogP contribution < -0.4 is 5.32 Å². The first-order valence-electron chi connectivity index (χ1n) is 7.01. The van der Waals surface area contributed by atoms with Gasteiger partial charge in [-0.2, -0.15) is 0 Å². The van der Waals surface area contributed by atoms with E-state index in [0.717, 1.165) is 18.1 Å². The lowest BCUT2D eigenvalue weighted by Gasteiger charge is -2.08. The predicted molar refractivity (Wildman–Crippen MR) is 74.7 cm³/mol. The van der Waals surface area contributed by atoms with Gasteiger partial charge in [-0.3, -0.25) is 4.79 Å². The van der Waals surface area contributed by atoms with Gasteiger partial charge in [0.2, 0.25) is 0 Å². The van der Waals surface area contributed by atoms with Crippen LogP contribution in [-0.4, -0.2) is 22.0 Å². The maximum Gasteiger partial charge on any atom is 0.254 e. The Morgan fingerprint density at radius 3 is 2.95 bits per heavy atom. The van der Waals surface area contributed by atoms with Gasteiger partial charge in [0.05, 0.1) is 5.56 Å². The van der Waals surface area contributed by atoms with E-state index in [0.29, 0.717) is 23.8 Å². The molecular formula is C15H19N3O2. The van der Waals surface area contributed by atoms with Crippen molar-refractivity contribution in [1.29, 1.82) is 0 Å². The number of furan rings is 1. The number of imidazole rings is 1. The smallest absolute Gasteiger partial charge is 0.254 e. The second-order valence-electron chi connectivity index (χ2n) is 5.34. The molecule has 2 heterocycles. The number of hydrogen-bond acceptors (Lipinski definition) is 3. The largest absolute Gasteiger partial charge is 0.466 e. The molecule has 1 amide bonds. The predicted octanol–water partition coefficient (Wildman–Crippen LogP) is 2.40. The van der Waals surface area contributed by atoms with Crippen molar-refractivity contribution in [2.45, 2.75) is 39.2 Å². The molecule has 20 heavy (non-hydrogen) atoms. The summed E-state index contributed by atoms with van der Waals surface area (Å²) in [5.41, 5.74) is 0.621. The molecule has 1 saturated carbocycles. The van der Waals surface area contributed by atoms with Crippen molar-refractivity contribution in [3.8, 4) is 0 Å². The number of aryl methyl sites for hydroxylation is 2. The molecule has 5 heteroatoms. The average Bonchev–Trinajstić information content (AvgIpc) is 3.05. The summed E-state index contributed by atoms with van der Waals surface area (Å²) in [5, 5.41) is 2.93. The van der Waals surface area contributed by atoms with E-state index in [1.807, 2.05) is 26.2 Å². The lowest BCUT2D eigenvalue weighted by molar-refractivity contribution is 0.0950. The van der Waals surface area contributed by atoms with Gasteiger partial charge in [0, 0.05) is 31.4 Å². The van der Waals surface area contributed by atoms with E-state index in [9.17, 15) is 4.79 Å². The van der Waals surface area contributed by atoms with Crippen molar-refractivity contribution < 1.29 is 9.21 Å². The van der Waals surface area contributed by atoms with Crippen LogP contribution in [0.4, 0.5) is 0 Å². The van der Waals surface area contributed by atoms with E-state index in [1.54, 1.807) is 6.07 Å². The molecule has 0 bridgehead atoms. The molecule has 3 rings (SSSR count). The first kappa shape index (κ1) is 13.0. The normalized spacial score (nSPS) is 14.5. The molecule has 0 unspecified atom stereocenters. The van der Waals surface area contributed by atoms with Crippen LogP contribution in [0.2, 0.25) is 0 Å². The number of nitrogens with zero attached hydrogens (tertiary/aromatic N) is 2. The van der Waals surface area contributed by atoms with Crippen molar-refractivity contribution in [2.75, 3.05) is 6.54 Å². The number of carbonyl (C=O) groups excluding carboxylic acids is 1. The van der Waals surface area contributed by atoms with Gasteiger partial charge in [0.1, 0.15) is 17.3 Å². The zero-order valence-corrected chi connectivity index (χ0v) is 11.8. The third-order valence-corrected chi connectivity index (χ3v) is 3.61. The van der Waals surface area contributed by atoms with Gasteiger partial charge in [0.25, 0.3) is 5.91 Å². The second-order valence-corrected chi connectivity index (χ2v) is 5.34. The Morgan fingerprint density at radius 1 is 1.50 bits per heavy atom. The van der Waals surface area contributed by atoms with E-state index in [4.69, 9.17) is 4.42 Å². The summed E-state index contributed by atoms with van der Waals surface area (Å²) in [6.07, 6.45) is 6.28. The molecule has 5 nitrogen and oxygen atoms in total. The van der Waals surface area contributed by atoms with Gasteiger partial charge < -0.3 is 14.3 Å². The molecule has 0 saturated heterocycles. The molecule has 106 valence electrons. The highest BCUT2D eigenvalue weighted by atomic mass is 16.3. The Morgan fingerprint density at radius 2 is 2.30 bits per heavy atom. The molecule has 1 N–H and O–H groups in total. The average molecular weight is 273 g/mol. The molecule has 1 aliphatic carbocycles. The minimum atomic E-state index is -0.0764. The Bertz CT molecular complexity index is 623. The summed E-state index contributed by atoms with van der Waals surface area (Å²) >= 11 is 0. The number of rotatable bonds is 5. The third kappa shape index (κ3) is 2.61. The molecule has 0 radical (unpaired) electrons. The molecule has 0 spiro atoms. The lowest BCUT2D eigenvalue weighted by Crippen LogP contribution is -2.27. The van der Waals surface area contributed by atoms with Gasteiger partial charge in [-0.1, -0.05) is 0 Å². The highest BCUT2D eigenvalue weighted by molar-refractivity contribution is 5.95. The van der Waals surface area contributed by atoms with E-state index in [-0.39, 0.29) is 5.91 Å². The van der Waals surface area contributed by atoms with Gasteiger partial charge in [0.15, 0.2) is 0 Å². The maximum absolute atomic E-state index is 12.0. The topological polar surface area (TPSA) is 60.1 Å². The van der Waals surface area contributed by atoms with Crippen LogP contribution in [0.5, 0.6) is 0 Å². The highest BCUT2D eigenvalue weighted by Crippen LogP contribution is 2.38. The Balaban J connectivity index is 1.56. The van der Waals surface area contributed by atoms with Crippen molar-refractivity contribution in [1.82, 2.24) is 14.9 Å². The fourth-order valence-electron chi connectivity index (χ4n) is 2.45. The molecule has 2 aromatic rings. The first-order chi connectivity index (χ1) is 9.65. The van der Waals surface area contributed by atoms with Gasteiger partial charge in [-0.25, -0.2) is 4.98 Å². The minimum absolute atomic E-state index is 0.0764. The summed E-state index contributed by atoms with van der Waals surface area (Å²) in [6, 6.07) is 1.78. The van der Waals surface area contributed by atoms with Gasteiger partial charge in [-0.15, -0.1) is 0 Å². The van der Waals surface area contributed by atoms with Crippen molar-refractivity contribution >= 4 is 5.91 Å². The third-order valence-electron chi connectivity index (χ3n) is 3.61. The number of nitrogens with one attached hydrogen (secondary N) is 1. The summed E-state index contributed by atoms with van der Waals surface area (Å²) in [4.78, 5) is 16.4. The second kappa shape index (κ2) is 5.15. The van der Waals surface area contributed by atoms with Crippen LogP contribution in [0.25, 0.3) is 0 Å².